The number of benzene rings is 2. The first-order chi connectivity index (χ1) is 24.1. The molecule has 5 heterocycles. The topological polar surface area (TPSA) is 103 Å². The molecule has 50 heavy (non-hydrogen) atoms. The van der Waals surface area contributed by atoms with E-state index >= 15 is 0 Å². The van der Waals surface area contributed by atoms with Crippen LogP contribution in [0.5, 0.6) is 0 Å². The lowest BCUT2D eigenvalue weighted by Crippen LogP contribution is -2.46. The monoisotopic (exact) mass is 699 g/mol. The molecule has 3 atom stereocenters. The molecule has 4 fully saturated rings. The summed E-state index contributed by atoms with van der Waals surface area (Å²) in [6, 6.07) is 15.9. The van der Waals surface area contributed by atoms with Gasteiger partial charge in [-0.25, -0.2) is 4.68 Å². The Kier molecular flexibility index (Phi) is 10.1. The van der Waals surface area contributed by atoms with Crippen molar-refractivity contribution in [3.63, 3.8) is 0 Å². The first-order valence-electron chi connectivity index (χ1n) is 18.2. The molecule has 0 aliphatic carbocycles. The van der Waals surface area contributed by atoms with Crippen molar-refractivity contribution < 1.29 is 9.59 Å². The van der Waals surface area contributed by atoms with E-state index < -0.39 is 0 Å². The van der Waals surface area contributed by atoms with Crippen molar-refractivity contribution in [2.75, 3.05) is 56.5 Å². The zero-order valence-electron chi connectivity index (χ0n) is 29.6. The Bertz CT molecular complexity index is 1780. The van der Waals surface area contributed by atoms with E-state index in [0.717, 1.165) is 63.4 Å². The van der Waals surface area contributed by atoms with Crippen LogP contribution in [0.25, 0.3) is 0 Å². The van der Waals surface area contributed by atoms with Gasteiger partial charge in [0.1, 0.15) is 5.02 Å². The molecule has 1 aromatic heterocycles. The highest BCUT2D eigenvalue weighted by atomic mass is 35.5. The standard InChI is InChI=1S/C39H50ClN7O3/c1-26-20-31(8-9-32(26)33-10-11-35(48)43-37(33)49)47-18-14-39(15-19-47)12-16-46(17-13-39)23-27-4-6-28(7-5-27)29-21-30(25-44(2)24-29)42-34-22-41-45(3)38(50)36(34)40/h4-9,20,22,29-30,33,42H,10-19,21,23-25H2,1-3H3,(H,43,48,49)/t29-,30+,33?/m1/s1. The number of hydrogen-bond donors (Lipinski definition) is 2. The van der Waals surface area contributed by atoms with Crippen LogP contribution < -0.4 is 21.1 Å². The minimum absolute atomic E-state index is 0.167. The highest BCUT2D eigenvalue weighted by molar-refractivity contribution is 6.32. The first-order valence-corrected chi connectivity index (χ1v) is 18.6. The van der Waals surface area contributed by atoms with Gasteiger partial charge < -0.3 is 15.1 Å². The Morgan fingerprint density at radius 1 is 0.960 bits per heavy atom. The van der Waals surface area contributed by atoms with Gasteiger partial charge in [-0.2, -0.15) is 5.10 Å². The van der Waals surface area contributed by atoms with Gasteiger partial charge in [0.05, 0.1) is 17.8 Å². The van der Waals surface area contributed by atoms with Crippen molar-refractivity contribution in [3.8, 4) is 0 Å². The second-order valence-corrected chi connectivity index (χ2v) is 15.7. The molecule has 4 aliphatic rings. The zero-order chi connectivity index (χ0) is 35.0. The van der Waals surface area contributed by atoms with E-state index in [2.05, 4.69) is 86.9 Å². The van der Waals surface area contributed by atoms with Crippen molar-refractivity contribution >= 4 is 34.8 Å². The highest BCUT2D eigenvalue weighted by Gasteiger charge is 2.38. The fourth-order valence-corrected chi connectivity index (χ4v) is 9.04. The number of imide groups is 1. The maximum Gasteiger partial charge on any atom is 0.287 e. The minimum Gasteiger partial charge on any atom is -0.378 e. The summed E-state index contributed by atoms with van der Waals surface area (Å²) in [7, 11) is 3.76. The Hall–Kier alpha value is -3.73. The molecular weight excluding hydrogens is 650 g/mol. The summed E-state index contributed by atoms with van der Waals surface area (Å²) < 4.78 is 1.26. The lowest BCUT2D eigenvalue weighted by molar-refractivity contribution is -0.134. The maximum atomic E-state index is 12.4. The van der Waals surface area contributed by atoms with Crippen LogP contribution in [0.1, 0.15) is 79.0 Å². The van der Waals surface area contributed by atoms with Gasteiger partial charge in [0.2, 0.25) is 11.8 Å². The fourth-order valence-electron chi connectivity index (χ4n) is 8.81. The number of halogens is 1. The number of likely N-dealkylation sites (tertiary alicyclic amines) is 2. The third kappa shape index (κ3) is 7.48. The average molecular weight is 700 g/mol. The highest BCUT2D eigenvalue weighted by Crippen LogP contribution is 2.43. The molecule has 3 aromatic rings. The lowest BCUT2D eigenvalue weighted by Gasteiger charge is -2.47. The van der Waals surface area contributed by atoms with Crippen LogP contribution in [0, 0.1) is 12.3 Å². The molecule has 0 bridgehead atoms. The summed E-state index contributed by atoms with van der Waals surface area (Å²) in [5.74, 6) is -0.173. The van der Waals surface area contributed by atoms with E-state index in [0.29, 0.717) is 29.9 Å². The number of aryl methyl sites for hydroxylation is 2. The van der Waals surface area contributed by atoms with Gasteiger partial charge >= 0.3 is 0 Å². The number of carbonyl (C=O) groups is 2. The van der Waals surface area contributed by atoms with Crippen molar-refractivity contribution in [1.82, 2.24) is 24.9 Å². The Morgan fingerprint density at radius 3 is 2.38 bits per heavy atom. The largest absolute Gasteiger partial charge is 0.378 e. The van der Waals surface area contributed by atoms with Gasteiger partial charge in [0, 0.05) is 57.9 Å². The summed E-state index contributed by atoms with van der Waals surface area (Å²) in [6.07, 6.45) is 8.55. The summed E-state index contributed by atoms with van der Waals surface area (Å²) >= 11 is 6.34. The maximum absolute atomic E-state index is 12.4. The normalized spacial score (nSPS) is 24.7. The van der Waals surface area contributed by atoms with Gasteiger partial charge in [0.25, 0.3) is 5.56 Å². The van der Waals surface area contributed by atoms with E-state index in [4.69, 9.17) is 11.6 Å². The van der Waals surface area contributed by atoms with Gasteiger partial charge in [-0.05, 0) is 111 Å². The molecule has 2 amide bonds. The molecule has 0 saturated carbocycles. The molecular formula is C39H50ClN7O3. The molecule has 7 rings (SSSR count). The number of amides is 2. The van der Waals surface area contributed by atoms with Gasteiger partial charge in [-0.3, -0.25) is 24.6 Å². The number of carbonyl (C=O) groups excluding carboxylic acids is 2. The van der Waals surface area contributed by atoms with Crippen LogP contribution in [0.4, 0.5) is 11.4 Å². The van der Waals surface area contributed by atoms with Gasteiger partial charge in [-0.15, -0.1) is 0 Å². The van der Waals surface area contributed by atoms with Crippen LogP contribution >= 0.6 is 11.6 Å². The third-order valence-electron chi connectivity index (χ3n) is 11.9. The third-order valence-corrected chi connectivity index (χ3v) is 12.3. The quantitative estimate of drug-likeness (QED) is 0.331. The average Bonchev–Trinajstić information content (AvgIpc) is 3.10. The Balaban J connectivity index is 0.888. The summed E-state index contributed by atoms with van der Waals surface area (Å²) in [4.78, 5) is 43.8. The second-order valence-electron chi connectivity index (χ2n) is 15.3. The predicted octanol–water partition coefficient (Wildman–Crippen LogP) is 5.04. The van der Waals surface area contributed by atoms with E-state index in [9.17, 15) is 14.4 Å². The molecule has 11 heteroatoms. The summed E-state index contributed by atoms with van der Waals surface area (Å²) in [5, 5.41) is 10.3. The fraction of sp³-hybridized carbons (Fsp3) is 0.538. The van der Waals surface area contributed by atoms with Crippen molar-refractivity contribution in [2.45, 2.75) is 76.3 Å². The molecule has 1 spiro atoms. The molecule has 2 N–H and O–H groups in total. The molecule has 4 aliphatic heterocycles. The molecule has 1 unspecified atom stereocenters. The van der Waals surface area contributed by atoms with E-state index in [1.165, 1.54) is 47.2 Å². The number of piperidine rings is 4. The smallest absolute Gasteiger partial charge is 0.287 e. The van der Waals surface area contributed by atoms with Crippen molar-refractivity contribution in [1.29, 1.82) is 0 Å². The van der Waals surface area contributed by atoms with Crippen molar-refractivity contribution in [3.05, 3.63) is 86.3 Å². The van der Waals surface area contributed by atoms with E-state index in [1.54, 1.807) is 13.2 Å². The van der Waals surface area contributed by atoms with Crippen LogP contribution in [0.2, 0.25) is 5.02 Å². The number of aromatic nitrogens is 2. The number of likely N-dealkylation sites (N-methyl/N-ethyl adjacent to an activating group) is 1. The number of anilines is 2. The zero-order valence-corrected chi connectivity index (χ0v) is 30.3. The van der Waals surface area contributed by atoms with Gasteiger partial charge in [0.15, 0.2) is 0 Å². The Labute approximate surface area is 300 Å². The molecule has 4 saturated heterocycles. The second kappa shape index (κ2) is 14.5. The minimum atomic E-state index is -0.287. The SMILES string of the molecule is Cc1cc(N2CCC3(CCN(Cc4ccc([C@@H]5C[C@H](Nc6cnn(C)c(=O)c6Cl)CN(C)C5)cc4)CC3)CC2)ccc1C1CCC(=O)NC1=O. The lowest BCUT2D eigenvalue weighted by atomic mass is 9.71. The predicted molar refractivity (Wildman–Crippen MR) is 198 cm³/mol. The van der Waals surface area contributed by atoms with E-state index in [-0.39, 0.29) is 34.4 Å². The Morgan fingerprint density at radius 2 is 1.68 bits per heavy atom. The summed E-state index contributed by atoms with van der Waals surface area (Å²) in [5.41, 5.74) is 6.88. The van der Waals surface area contributed by atoms with E-state index in [1.807, 2.05) is 0 Å². The van der Waals surface area contributed by atoms with Crippen LogP contribution in [0.15, 0.2) is 53.5 Å². The first kappa shape index (κ1) is 34.7. The molecule has 10 nitrogen and oxygen atoms in total. The summed E-state index contributed by atoms with van der Waals surface area (Å²) in [6.45, 7) is 9.38. The number of nitrogens with zero attached hydrogens (tertiary/aromatic N) is 5. The number of hydrogen-bond acceptors (Lipinski definition) is 8. The number of nitrogens with one attached hydrogen (secondary N) is 2. The number of rotatable bonds is 7. The van der Waals surface area contributed by atoms with Crippen LogP contribution in [-0.4, -0.2) is 83.8 Å². The molecule has 0 radical (unpaired) electrons. The van der Waals surface area contributed by atoms with Crippen LogP contribution in [-0.2, 0) is 23.2 Å². The van der Waals surface area contributed by atoms with Crippen molar-refractivity contribution in [2.24, 2.45) is 12.5 Å². The van der Waals surface area contributed by atoms with Crippen LogP contribution in [0.3, 0.4) is 0 Å². The molecule has 2 aromatic carbocycles. The van der Waals surface area contributed by atoms with Gasteiger partial charge in [-0.1, -0.05) is 41.9 Å². The molecule has 266 valence electrons.